The zero-order chi connectivity index (χ0) is 25.0. The Kier molecular flexibility index (Phi) is 5.85. The van der Waals surface area contributed by atoms with E-state index in [0.717, 1.165) is 42.7 Å². The zero-order valence-corrected chi connectivity index (χ0v) is 20.2. The normalized spacial score (nSPS) is 23.6. The van der Waals surface area contributed by atoms with Crippen molar-refractivity contribution in [3.8, 4) is 5.75 Å². The summed E-state index contributed by atoms with van der Waals surface area (Å²) in [6.45, 7) is 3.88. The van der Waals surface area contributed by atoms with Crippen LogP contribution in [0.2, 0.25) is 0 Å². The van der Waals surface area contributed by atoms with Gasteiger partial charge in [0.15, 0.2) is 0 Å². The van der Waals surface area contributed by atoms with Gasteiger partial charge in [-0.3, -0.25) is 4.90 Å². The number of methoxy groups -OCH3 is 1. The maximum Gasteiger partial charge on any atom is 0.416 e. The maximum atomic E-state index is 13.4. The molecule has 2 atom stereocenters. The van der Waals surface area contributed by atoms with Crippen molar-refractivity contribution in [1.82, 2.24) is 4.90 Å². The first kappa shape index (κ1) is 23.8. The molecule has 1 aliphatic heterocycles. The predicted molar refractivity (Wildman–Crippen MR) is 127 cm³/mol. The van der Waals surface area contributed by atoms with E-state index in [2.05, 4.69) is 6.07 Å². The molecule has 1 saturated carbocycles. The fraction of sp³-hybridized carbons (Fsp3) is 0.464. The summed E-state index contributed by atoms with van der Waals surface area (Å²) >= 11 is 0. The smallest absolute Gasteiger partial charge is 0.416 e. The molecule has 0 bridgehead atoms. The molecule has 2 aromatic carbocycles. The Morgan fingerprint density at radius 1 is 1.14 bits per heavy atom. The van der Waals surface area contributed by atoms with Crippen molar-refractivity contribution in [3.63, 3.8) is 0 Å². The van der Waals surface area contributed by atoms with Crippen LogP contribution in [0.4, 0.5) is 18.0 Å². The Morgan fingerprint density at radius 3 is 2.57 bits per heavy atom. The van der Waals surface area contributed by atoms with Gasteiger partial charge in [0.2, 0.25) is 0 Å². The van der Waals surface area contributed by atoms with Gasteiger partial charge in [-0.1, -0.05) is 29.8 Å². The van der Waals surface area contributed by atoms with Crippen molar-refractivity contribution in [2.24, 2.45) is 5.41 Å². The van der Waals surface area contributed by atoms with Crippen molar-refractivity contribution in [1.29, 1.82) is 0 Å². The summed E-state index contributed by atoms with van der Waals surface area (Å²) in [7, 11) is 1.66. The monoisotopic (exact) mass is 485 g/mol. The van der Waals surface area contributed by atoms with E-state index in [1.54, 1.807) is 25.0 Å². The molecule has 35 heavy (non-hydrogen) atoms. The van der Waals surface area contributed by atoms with Crippen LogP contribution in [0, 0.1) is 12.3 Å². The van der Waals surface area contributed by atoms with Crippen molar-refractivity contribution < 1.29 is 27.4 Å². The maximum absolute atomic E-state index is 13.4. The summed E-state index contributed by atoms with van der Waals surface area (Å²) < 4.78 is 51.5. The highest BCUT2D eigenvalue weighted by atomic mass is 19.4. The molecule has 2 fully saturated rings. The minimum Gasteiger partial charge on any atom is -0.496 e. The summed E-state index contributed by atoms with van der Waals surface area (Å²) in [6, 6.07) is 11.4. The van der Waals surface area contributed by atoms with Gasteiger partial charge in [-0.25, -0.2) is 4.79 Å². The lowest BCUT2D eigenvalue weighted by Gasteiger charge is -2.31. The number of allylic oxidation sites excluding steroid dienone is 1. The molecule has 0 unspecified atom stereocenters. The second-order valence-corrected chi connectivity index (χ2v) is 10.3. The molecule has 2 aliphatic carbocycles. The van der Waals surface area contributed by atoms with E-state index in [0.29, 0.717) is 23.1 Å². The van der Waals surface area contributed by atoms with E-state index < -0.39 is 30.0 Å². The third-order valence-corrected chi connectivity index (χ3v) is 7.82. The number of aryl methyl sites for hydroxylation is 1. The van der Waals surface area contributed by atoms with Gasteiger partial charge in [0.05, 0.1) is 18.7 Å². The summed E-state index contributed by atoms with van der Waals surface area (Å²) in [4.78, 5) is 14.7. The Morgan fingerprint density at radius 2 is 1.89 bits per heavy atom. The summed E-state index contributed by atoms with van der Waals surface area (Å²) in [5.74, 6) is 0.807. The van der Waals surface area contributed by atoms with E-state index in [1.807, 2.05) is 25.1 Å². The Bertz CT molecular complexity index is 1180. The molecule has 186 valence electrons. The van der Waals surface area contributed by atoms with Crippen LogP contribution in [0.5, 0.6) is 5.75 Å². The third kappa shape index (κ3) is 4.53. The second kappa shape index (κ2) is 8.61. The van der Waals surface area contributed by atoms with Crippen LogP contribution in [-0.2, 0) is 10.9 Å². The van der Waals surface area contributed by atoms with Gasteiger partial charge in [-0.2, -0.15) is 13.2 Å². The van der Waals surface area contributed by atoms with Gasteiger partial charge in [0, 0.05) is 12.1 Å². The van der Waals surface area contributed by atoms with Crippen LogP contribution >= 0.6 is 0 Å². The van der Waals surface area contributed by atoms with E-state index in [1.165, 1.54) is 24.0 Å². The first-order valence-corrected chi connectivity index (χ1v) is 12.1. The molecule has 0 aromatic heterocycles. The van der Waals surface area contributed by atoms with Gasteiger partial charge in [-0.15, -0.1) is 0 Å². The number of halogens is 3. The van der Waals surface area contributed by atoms with Crippen LogP contribution in [0.3, 0.4) is 0 Å². The molecule has 0 N–H and O–H groups in total. The van der Waals surface area contributed by atoms with Gasteiger partial charge in [-0.05, 0) is 86.3 Å². The SMILES string of the molecule is COc1ccccc1C1=C(CN2C(=O)O[C@H](c3cc(C)cc(C(F)(F)F)c3)[C@@H]2C)CC2(CC1)CC2. The van der Waals surface area contributed by atoms with Crippen LogP contribution in [-0.4, -0.2) is 30.7 Å². The lowest BCUT2D eigenvalue weighted by Crippen LogP contribution is -2.35. The van der Waals surface area contributed by atoms with E-state index in [-0.39, 0.29) is 0 Å². The highest BCUT2D eigenvalue weighted by Gasteiger charge is 2.47. The first-order chi connectivity index (χ1) is 16.6. The van der Waals surface area contributed by atoms with Gasteiger partial charge >= 0.3 is 12.3 Å². The topological polar surface area (TPSA) is 38.8 Å². The minimum atomic E-state index is -4.46. The standard InChI is InChI=1S/C28H30F3NO3/c1-17-12-19(14-21(13-17)28(29,30)31)25-18(2)32(26(33)35-25)16-20-15-27(10-11-27)9-8-22(20)23-6-4-5-7-24(23)34-3/h4-7,12-14,18,25H,8-11,15-16H2,1-3H3/t18-,25-/m0/s1. The molecule has 4 nitrogen and oxygen atoms in total. The minimum absolute atomic E-state index is 0.325. The fourth-order valence-corrected chi connectivity index (χ4v) is 5.69. The molecule has 1 spiro atoms. The van der Waals surface area contributed by atoms with E-state index >= 15 is 0 Å². The molecule has 1 saturated heterocycles. The number of ether oxygens (including phenoxy) is 2. The highest BCUT2D eigenvalue weighted by molar-refractivity contribution is 5.77. The molecular formula is C28H30F3NO3. The molecule has 3 aliphatic rings. The Hall–Kier alpha value is -2.96. The molecule has 2 aromatic rings. The number of rotatable bonds is 5. The predicted octanol–water partition coefficient (Wildman–Crippen LogP) is 7.32. The highest BCUT2D eigenvalue weighted by Crippen LogP contribution is 2.59. The molecular weight excluding hydrogens is 455 g/mol. The number of para-hydroxylation sites is 1. The van der Waals surface area contributed by atoms with Crippen molar-refractivity contribution in [2.75, 3.05) is 13.7 Å². The van der Waals surface area contributed by atoms with Crippen LogP contribution in [0.15, 0.2) is 48.0 Å². The summed E-state index contributed by atoms with van der Waals surface area (Å²) in [5, 5.41) is 0. The zero-order valence-electron chi connectivity index (χ0n) is 20.2. The number of alkyl halides is 3. The number of hydrogen-bond acceptors (Lipinski definition) is 3. The van der Waals surface area contributed by atoms with Crippen molar-refractivity contribution in [3.05, 3.63) is 70.3 Å². The lowest BCUT2D eigenvalue weighted by molar-refractivity contribution is -0.137. The third-order valence-electron chi connectivity index (χ3n) is 7.82. The number of hydrogen-bond donors (Lipinski definition) is 0. The summed E-state index contributed by atoms with van der Waals surface area (Å²) in [5.41, 5.74) is 3.92. The number of amides is 1. The number of cyclic esters (lactones) is 1. The van der Waals surface area contributed by atoms with Crippen LogP contribution in [0.25, 0.3) is 5.57 Å². The lowest BCUT2D eigenvalue weighted by atomic mass is 9.78. The molecule has 1 heterocycles. The number of nitrogens with zero attached hydrogens (tertiary/aromatic N) is 1. The van der Waals surface area contributed by atoms with Crippen molar-refractivity contribution >= 4 is 11.7 Å². The Labute approximate surface area is 203 Å². The second-order valence-electron chi connectivity index (χ2n) is 10.3. The van der Waals surface area contributed by atoms with Gasteiger partial charge in [0.25, 0.3) is 0 Å². The van der Waals surface area contributed by atoms with Crippen molar-refractivity contribution in [2.45, 2.75) is 64.3 Å². The largest absolute Gasteiger partial charge is 0.496 e. The van der Waals surface area contributed by atoms with Gasteiger partial charge in [0.1, 0.15) is 11.9 Å². The average molecular weight is 486 g/mol. The first-order valence-electron chi connectivity index (χ1n) is 12.1. The quantitative estimate of drug-likeness (QED) is 0.445. The van der Waals surface area contributed by atoms with E-state index in [4.69, 9.17) is 9.47 Å². The average Bonchev–Trinajstić information content (AvgIpc) is 3.51. The molecule has 0 radical (unpaired) electrons. The van der Waals surface area contributed by atoms with Crippen LogP contribution < -0.4 is 4.74 Å². The molecule has 1 amide bonds. The number of carbonyl (C=O) groups is 1. The fourth-order valence-electron chi connectivity index (χ4n) is 5.69. The van der Waals surface area contributed by atoms with Crippen LogP contribution in [0.1, 0.15) is 67.4 Å². The molecule has 5 rings (SSSR count). The molecule has 7 heteroatoms. The number of carbonyl (C=O) groups excluding carboxylic acids is 1. The van der Waals surface area contributed by atoms with Gasteiger partial charge < -0.3 is 9.47 Å². The Balaban J connectivity index is 1.46. The number of benzene rings is 2. The summed E-state index contributed by atoms with van der Waals surface area (Å²) in [6.07, 6.45) is -0.341. The van der Waals surface area contributed by atoms with E-state index in [9.17, 15) is 18.0 Å².